The van der Waals surface area contributed by atoms with E-state index >= 15 is 4.79 Å². The van der Waals surface area contributed by atoms with Crippen LogP contribution in [0.2, 0.25) is 0 Å². The van der Waals surface area contributed by atoms with Gasteiger partial charge in [0.2, 0.25) is 11.3 Å². The van der Waals surface area contributed by atoms with Crippen molar-refractivity contribution in [1.29, 1.82) is 0 Å². The highest BCUT2D eigenvalue weighted by atomic mass is 16.7. The predicted molar refractivity (Wildman–Crippen MR) is 335 cm³/mol. The van der Waals surface area contributed by atoms with Crippen LogP contribution >= 0.6 is 0 Å². The number of carbonyl (C=O) groups is 5. The molecule has 5 N–H and O–H groups in total. The van der Waals surface area contributed by atoms with Crippen molar-refractivity contribution < 1.29 is 111 Å². The molecule has 2 bridgehead atoms. The normalized spacial score (nSPS) is 46.9. The maximum atomic E-state index is 15.7. The molecule has 10 rings (SSSR count). The van der Waals surface area contributed by atoms with Gasteiger partial charge in [-0.3, -0.25) is 24.5 Å². The number of carbonyl (C=O) groups excluding carboxylic acids is 5. The summed E-state index contributed by atoms with van der Waals surface area (Å²) in [6, 6.07) is -1.06. The number of allylic oxidation sites excluding steroid dienone is 3. The van der Waals surface area contributed by atoms with E-state index in [1.165, 1.54) is 19.9 Å². The predicted octanol–water partition coefficient (Wildman–Crippen LogP) is 6.79. The van der Waals surface area contributed by atoms with Crippen molar-refractivity contribution >= 4 is 30.1 Å². The van der Waals surface area contributed by atoms with Crippen LogP contribution in [-0.4, -0.2) is 203 Å². The maximum Gasteiger partial charge on any atom is 0.407 e. The van der Waals surface area contributed by atoms with Crippen molar-refractivity contribution in [3.05, 3.63) is 68.5 Å². The Labute approximate surface area is 555 Å². The van der Waals surface area contributed by atoms with Crippen molar-refractivity contribution in [2.45, 2.75) is 288 Å². The van der Waals surface area contributed by atoms with Crippen molar-refractivity contribution in [2.75, 3.05) is 13.7 Å². The second-order valence-corrected chi connectivity index (χ2v) is 29.2. The number of fused-ring (bicyclic) bond motifs is 4. The lowest BCUT2D eigenvalue weighted by molar-refractivity contribution is -0.581. The number of aliphatic hydroxyl groups is 4. The van der Waals surface area contributed by atoms with E-state index < -0.39 is 209 Å². The van der Waals surface area contributed by atoms with E-state index in [1.807, 2.05) is 46.8 Å². The lowest BCUT2D eigenvalue weighted by atomic mass is 9.44. The lowest BCUT2D eigenvalue weighted by Crippen LogP contribution is -2.65. The zero-order valence-corrected chi connectivity index (χ0v) is 57.1. The number of rotatable bonds is 15. The van der Waals surface area contributed by atoms with E-state index in [4.69, 9.17) is 61.6 Å². The van der Waals surface area contributed by atoms with Crippen LogP contribution in [0, 0.1) is 50.5 Å². The largest absolute Gasteiger partial charge is 0.511 e. The second-order valence-electron chi connectivity index (χ2n) is 29.2. The van der Waals surface area contributed by atoms with Gasteiger partial charge in [-0.2, -0.15) is 0 Å². The number of nitro groups is 1. The first-order valence-electron chi connectivity index (χ1n) is 33.9. The molecule has 1 saturated carbocycles. The summed E-state index contributed by atoms with van der Waals surface area (Å²) in [5.74, 6) is -5.72. The van der Waals surface area contributed by atoms with Gasteiger partial charge in [0, 0.05) is 74.0 Å². The molecule has 530 valence electrons. The van der Waals surface area contributed by atoms with Crippen molar-refractivity contribution in [3.63, 3.8) is 0 Å². The highest BCUT2D eigenvalue weighted by Gasteiger charge is 2.67. The summed E-state index contributed by atoms with van der Waals surface area (Å²) in [4.78, 5) is 80.6. The Morgan fingerprint density at radius 1 is 0.768 bits per heavy atom. The minimum Gasteiger partial charge on any atom is -0.511 e. The summed E-state index contributed by atoms with van der Waals surface area (Å²) in [6.07, 6.45) is -3.12. The number of esters is 2. The molecule has 3 unspecified atom stereocenters. The Balaban J connectivity index is 0.906. The Hall–Kier alpha value is -5.07. The first-order chi connectivity index (χ1) is 44.8. The third-order valence-electron chi connectivity index (χ3n) is 22.8. The first-order valence-corrected chi connectivity index (χ1v) is 33.9. The number of ketones is 1. The Kier molecular flexibility index (Phi) is 21.9. The number of aliphatic hydroxyl groups excluding tert-OH is 4. The molecule has 1 spiro atoms. The van der Waals surface area contributed by atoms with Crippen LogP contribution < -0.4 is 5.32 Å². The van der Waals surface area contributed by atoms with E-state index in [1.54, 1.807) is 33.8 Å². The molecule has 6 heterocycles. The van der Waals surface area contributed by atoms with Crippen molar-refractivity contribution in [1.82, 2.24) is 5.32 Å². The molecule has 0 aromatic rings. The van der Waals surface area contributed by atoms with Gasteiger partial charge in [-0.05, 0) is 109 Å². The van der Waals surface area contributed by atoms with Crippen LogP contribution in [0.4, 0.5) is 4.79 Å². The minimum absolute atomic E-state index is 0.0125. The van der Waals surface area contributed by atoms with Crippen LogP contribution in [0.15, 0.2) is 58.4 Å². The fourth-order valence-electron chi connectivity index (χ4n) is 17.4. The zero-order chi connectivity index (χ0) is 69.1. The molecule has 6 saturated heterocycles. The number of aldehydes is 1. The van der Waals surface area contributed by atoms with E-state index in [0.717, 1.165) is 12.7 Å². The fourth-order valence-corrected chi connectivity index (χ4v) is 17.4. The molecule has 7 fully saturated rings. The molecule has 1 amide bonds. The second kappa shape index (κ2) is 28.6. The summed E-state index contributed by atoms with van der Waals surface area (Å²) in [5.41, 5.74) is -5.89. The molecule has 0 aromatic heterocycles. The standard InChI is InChI=1S/C69H100N2O24/c1-32-24-45-47(75)25-42(30-72)28-69(45)63(78)56(64(79)95-69)62(77)68(13)57-33(2)23-34(3)58(44(57)21-22-66(68,11)35(4)15-17-49(32)84-31-43-29-67(12,71(81)82)61(40(9)85-43)70-65(80)83-14)94-55-27-51(60(39(8)89-55)90-41(10)73)92-52-20-18-50(37(6)87-52)91-54-26-48(76)59(38(7)88-54)93-53-19-16-46(74)36(5)86-53/h15,21-22,24-25,30,33-34,36-40,43-55,57-61,74-77H,16-20,23,26-29,31H2,1-14H3,(H,70,80)/b32-24?,35-15+,62-56?/t33-,34-,36-,37-,38-,39-,40+,43+,44-,45+,46+,47-,48+,49-,50?,51+,52-,53-,54-,55-,57+,58-,59?,60-,61-,66-,67-,68+,69?/m0/s1. The van der Waals surface area contributed by atoms with Gasteiger partial charge >= 0.3 is 18.0 Å². The molecule has 4 aliphatic carbocycles. The zero-order valence-electron chi connectivity index (χ0n) is 57.1. The average Bonchev–Trinajstić information content (AvgIpc) is 1.63. The lowest BCUT2D eigenvalue weighted by Gasteiger charge is -2.60. The summed E-state index contributed by atoms with van der Waals surface area (Å²) >= 11 is 0. The summed E-state index contributed by atoms with van der Waals surface area (Å²) in [6.45, 7) is 23.1. The number of nitrogens with one attached hydrogen (secondary N) is 1. The number of ether oxygens (including phenoxy) is 13. The highest BCUT2D eigenvalue weighted by Crippen LogP contribution is 2.65. The van der Waals surface area contributed by atoms with Crippen LogP contribution in [0.3, 0.4) is 0 Å². The first kappa shape index (κ1) is 72.7. The van der Waals surface area contributed by atoms with E-state index in [-0.39, 0.29) is 49.7 Å². The number of Topliss-reactive ketones (excluding diaryl/α,β-unsaturated/α-hetero) is 1. The number of methoxy groups -OCH3 is 1. The van der Waals surface area contributed by atoms with E-state index in [2.05, 4.69) is 25.2 Å². The third kappa shape index (κ3) is 14.0. The van der Waals surface area contributed by atoms with Crippen LogP contribution in [0.1, 0.15) is 154 Å². The molecular weight excluding hydrogens is 1240 g/mol. The van der Waals surface area contributed by atoms with Gasteiger partial charge in [-0.1, -0.05) is 57.6 Å². The minimum atomic E-state index is -2.18. The van der Waals surface area contributed by atoms with Crippen LogP contribution in [0.25, 0.3) is 0 Å². The van der Waals surface area contributed by atoms with Crippen molar-refractivity contribution in [2.24, 2.45) is 40.4 Å². The Morgan fingerprint density at radius 3 is 2.06 bits per heavy atom. The molecule has 95 heavy (non-hydrogen) atoms. The van der Waals surface area contributed by atoms with Crippen LogP contribution in [-0.2, 0) is 80.8 Å². The Morgan fingerprint density at radius 2 is 1.41 bits per heavy atom. The quantitative estimate of drug-likeness (QED) is 0.0214. The molecule has 10 aliphatic rings. The van der Waals surface area contributed by atoms with Gasteiger partial charge in [-0.15, -0.1) is 0 Å². The van der Waals surface area contributed by atoms with Gasteiger partial charge in [0.15, 0.2) is 36.9 Å². The molecule has 26 heteroatoms. The van der Waals surface area contributed by atoms with Gasteiger partial charge in [-0.25, -0.2) is 9.59 Å². The van der Waals surface area contributed by atoms with E-state index in [9.17, 15) is 49.7 Å². The number of alkyl carbamates (subject to hydrolysis) is 1. The number of hydrogen-bond acceptors (Lipinski definition) is 24. The van der Waals surface area contributed by atoms with Gasteiger partial charge < -0.3 is 87.3 Å². The van der Waals surface area contributed by atoms with Gasteiger partial charge in [0.25, 0.3) is 0 Å². The fraction of sp³-hybridized carbons (Fsp3) is 0.783. The molecule has 26 nitrogen and oxygen atoms in total. The topological polar surface area (TPSA) is 341 Å². The SMILES string of the molecule is COC(=O)N[C@H]1[C@@H](C)O[C@@H](CO[C@H]2C/C=C(\C)[C@]3(C)C=C[C@@H]4[C@@H](O[C@H]5C[C@@H](O[C@H]6CCC(O[C@H]7C[C@@H](O)C(O[C@H]8CC[C@@H](O)[C@H](C)O8)[C@H](C)O7)[C@H](C)O6)[C@@H](OC(C)=O)[C@H](C)O5)[C@@H](C)C[C@H](C)[C@H]4[C@]3(C)C(O)=C3C(=O)OC4(CC(C=O)=C[C@H](O)[C@H]4C=C2C)C3=O)C[C@]1(C)[N+](=O)[O-]. The van der Waals surface area contributed by atoms with E-state index in [0.29, 0.717) is 44.0 Å². The molecular formula is C69H100N2O24. The summed E-state index contributed by atoms with van der Waals surface area (Å²) < 4.78 is 81.7. The summed E-state index contributed by atoms with van der Waals surface area (Å²) in [7, 11) is 1.16. The molecule has 0 radical (unpaired) electrons. The number of nitrogens with zero attached hydrogens (tertiary/aromatic N) is 1. The number of hydrogen-bond donors (Lipinski definition) is 5. The number of amides is 1. The van der Waals surface area contributed by atoms with Crippen molar-refractivity contribution in [3.8, 4) is 0 Å². The molecule has 29 atom stereocenters. The average molecular weight is 1340 g/mol. The third-order valence-corrected chi connectivity index (χ3v) is 22.8. The smallest absolute Gasteiger partial charge is 0.407 e. The molecule has 0 aromatic carbocycles. The highest BCUT2D eigenvalue weighted by molar-refractivity contribution is 6.26. The Bertz CT molecular complexity index is 3030. The monoisotopic (exact) mass is 1340 g/mol. The van der Waals surface area contributed by atoms with Gasteiger partial charge in [0.05, 0.1) is 92.9 Å². The maximum absolute atomic E-state index is 15.7. The summed E-state index contributed by atoms with van der Waals surface area (Å²) in [5, 5.41) is 62.1. The molecule has 6 aliphatic heterocycles. The van der Waals surface area contributed by atoms with Gasteiger partial charge in [0.1, 0.15) is 35.9 Å². The van der Waals surface area contributed by atoms with Crippen LogP contribution in [0.5, 0.6) is 0 Å².